The summed E-state index contributed by atoms with van der Waals surface area (Å²) >= 11 is 1.78. The fourth-order valence-corrected chi connectivity index (χ4v) is 4.92. The predicted octanol–water partition coefficient (Wildman–Crippen LogP) is 4.08. The number of thiazole rings is 1. The maximum atomic E-state index is 12.6. The Kier molecular flexibility index (Phi) is 5.23. The van der Waals surface area contributed by atoms with Gasteiger partial charge in [0.25, 0.3) is 0 Å². The molecule has 1 aliphatic heterocycles. The van der Waals surface area contributed by atoms with Crippen LogP contribution in [0.1, 0.15) is 36.1 Å². The number of hydrogen-bond donors (Lipinski definition) is 0. The molecule has 0 aliphatic carbocycles. The van der Waals surface area contributed by atoms with Crippen LogP contribution in [0.25, 0.3) is 21.6 Å². The highest BCUT2D eigenvalue weighted by Gasteiger charge is 2.26. The van der Waals surface area contributed by atoms with Crippen molar-refractivity contribution in [2.45, 2.75) is 31.6 Å². The SMILES string of the molecule is O=C(CCc1nc(-c2ccncc2)no1)N1CCC(c2nc3ccccc3s2)CC1. The molecule has 0 bridgehead atoms. The number of carbonyl (C=O) groups is 1. The number of aryl methyl sites for hydroxylation is 1. The van der Waals surface area contributed by atoms with Crippen molar-refractivity contribution in [2.75, 3.05) is 13.1 Å². The molecule has 0 unspecified atom stereocenters. The lowest BCUT2D eigenvalue weighted by molar-refractivity contribution is -0.132. The van der Waals surface area contributed by atoms with Gasteiger partial charge in [0.1, 0.15) is 0 Å². The second-order valence-electron chi connectivity index (χ2n) is 7.42. The molecule has 0 saturated carbocycles. The fourth-order valence-electron chi connectivity index (χ4n) is 3.79. The normalized spacial score (nSPS) is 15.0. The summed E-state index contributed by atoms with van der Waals surface area (Å²) in [6.45, 7) is 1.54. The van der Waals surface area contributed by atoms with Crippen LogP contribution in [-0.4, -0.2) is 44.0 Å². The molecular formula is C22H21N5O2S. The molecule has 1 aliphatic rings. The molecule has 1 saturated heterocycles. The van der Waals surface area contributed by atoms with Crippen molar-refractivity contribution < 1.29 is 9.32 Å². The minimum Gasteiger partial charge on any atom is -0.343 e. The first-order valence-electron chi connectivity index (χ1n) is 10.1. The van der Waals surface area contributed by atoms with Crippen LogP contribution in [-0.2, 0) is 11.2 Å². The van der Waals surface area contributed by atoms with Crippen LogP contribution in [0.15, 0.2) is 53.3 Å². The van der Waals surface area contributed by atoms with Crippen LogP contribution in [0.2, 0.25) is 0 Å². The van der Waals surface area contributed by atoms with E-state index in [2.05, 4.69) is 33.3 Å². The highest BCUT2D eigenvalue weighted by Crippen LogP contribution is 2.33. The first-order valence-corrected chi connectivity index (χ1v) is 10.9. The standard InChI is InChI=1S/C22H21N5O2S/c28-20(6-5-19-25-21(26-29-19)15-7-11-23-12-8-15)27-13-9-16(10-14-27)22-24-17-3-1-2-4-18(17)30-22/h1-4,7-8,11-12,16H,5-6,9-10,13-14H2. The van der Waals surface area contributed by atoms with Crippen molar-refractivity contribution in [1.29, 1.82) is 0 Å². The minimum atomic E-state index is 0.140. The third-order valence-corrected chi connectivity index (χ3v) is 6.67. The van der Waals surface area contributed by atoms with E-state index in [1.54, 1.807) is 23.7 Å². The van der Waals surface area contributed by atoms with Crippen LogP contribution in [0.3, 0.4) is 0 Å². The van der Waals surface area contributed by atoms with Gasteiger partial charge in [0.05, 0.1) is 15.2 Å². The van der Waals surface area contributed by atoms with E-state index in [0.717, 1.165) is 37.0 Å². The summed E-state index contributed by atoms with van der Waals surface area (Å²) in [7, 11) is 0. The van der Waals surface area contributed by atoms with Crippen LogP contribution in [0.4, 0.5) is 0 Å². The van der Waals surface area contributed by atoms with Crippen LogP contribution >= 0.6 is 11.3 Å². The van der Waals surface area contributed by atoms with Gasteiger partial charge in [0.15, 0.2) is 0 Å². The maximum absolute atomic E-state index is 12.6. The van der Waals surface area contributed by atoms with E-state index in [1.807, 2.05) is 23.1 Å². The first-order chi connectivity index (χ1) is 14.8. The molecule has 3 aromatic heterocycles. The Morgan fingerprint density at radius 2 is 1.90 bits per heavy atom. The van der Waals surface area contributed by atoms with E-state index in [0.29, 0.717) is 30.5 Å². The Morgan fingerprint density at radius 3 is 2.70 bits per heavy atom. The molecule has 1 amide bonds. The second-order valence-corrected chi connectivity index (χ2v) is 8.48. The van der Waals surface area contributed by atoms with E-state index in [1.165, 1.54) is 9.71 Å². The van der Waals surface area contributed by atoms with Crippen molar-refractivity contribution in [3.63, 3.8) is 0 Å². The fraction of sp³-hybridized carbons (Fsp3) is 0.318. The molecule has 0 N–H and O–H groups in total. The Labute approximate surface area is 177 Å². The van der Waals surface area contributed by atoms with Gasteiger partial charge < -0.3 is 9.42 Å². The monoisotopic (exact) mass is 419 g/mol. The molecule has 5 rings (SSSR count). The quantitative estimate of drug-likeness (QED) is 0.485. The molecule has 1 aromatic carbocycles. The van der Waals surface area contributed by atoms with E-state index >= 15 is 0 Å². The summed E-state index contributed by atoms with van der Waals surface area (Å²) in [6, 6.07) is 11.9. The lowest BCUT2D eigenvalue weighted by Gasteiger charge is -2.31. The molecule has 4 heterocycles. The number of pyridine rings is 1. The molecule has 0 atom stereocenters. The van der Waals surface area contributed by atoms with Crippen molar-refractivity contribution >= 4 is 27.5 Å². The molecule has 7 nitrogen and oxygen atoms in total. The number of para-hydroxylation sites is 1. The topological polar surface area (TPSA) is 85.0 Å². The maximum Gasteiger partial charge on any atom is 0.227 e. The highest BCUT2D eigenvalue weighted by atomic mass is 32.1. The average molecular weight is 420 g/mol. The Balaban J connectivity index is 1.14. The number of amides is 1. The zero-order chi connectivity index (χ0) is 20.3. The lowest BCUT2D eigenvalue weighted by atomic mass is 9.97. The van der Waals surface area contributed by atoms with Gasteiger partial charge in [-0.3, -0.25) is 9.78 Å². The molecule has 0 radical (unpaired) electrons. The smallest absolute Gasteiger partial charge is 0.227 e. The van der Waals surface area contributed by atoms with Crippen molar-refractivity contribution in [2.24, 2.45) is 0 Å². The van der Waals surface area contributed by atoms with Crippen molar-refractivity contribution in [3.05, 3.63) is 59.7 Å². The largest absolute Gasteiger partial charge is 0.343 e. The number of hydrogen-bond acceptors (Lipinski definition) is 7. The minimum absolute atomic E-state index is 0.140. The first kappa shape index (κ1) is 18.9. The summed E-state index contributed by atoms with van der Waals surface area (Å²) in [6.07, 6.45) is 6.12. The number of fused-ring (bicyclic) bond motifs is 1. The Bertz CT molecular complexity index is 1120. The summed E-state index contributed by atoms with van der Waals surface area (Å²) in [5.74, 6) is 1.59. The Hall–Kier alpha value is -3.13. The van der Waals surface area contributed by atoms with Gasteiger partial charge in [-0.2, -0.15) is 4.98 Å². The molecule has 1 fully saturated rings. The lowest BCUT2D eigenvalue weighted by Crippen LogP contribution is -2.38. The summed E-state index contributed by atoms with van der Waals surface area (Å²) < 4.78 is 6.53. The molecule has 8 heteroatoms. The van der Waals surface area contributed by atoms with Crippen LogP contribution in [0, 0.1) is 0 Å². The van der Waals surface area contributed by atoms with E-state index in [9.17, 15) is 4.79 Å². The van der Waals surface area contributed by atoms with Gasteiger partial charge in [-0.15, -0.1) is 11.3 Å². The number of carbonyl (C=O) groups excluding carboxylic acids is 1. The third-order valence-electron chi connectivity index (χ3n) is 5.47. The number of nitrogens with zero attached hydrogens (tertiary/aromatic N) is 5. The van der Waals surface area contributed by atoms with Gasteiger partial charge in [-0.25, -0.2) is 4.98 Å². The Morgan fingerprint density at radius 1 is 1.10 bits per heavy atom. The van der Waals surface area contributed by atoms with Crippen LogP contribution in [0.5, 0.6) is 0 Å². The van der Waals surface area contributed by atoms with Crippen LogP contribution < -0.4 is 0 Å². The van der Waals surface area contributed by atoms with Crippen molar-refractivity contribution in [3.8, 4) is 11.4 Å². The zero-order valence-corrected chi connectivity index (χ0v) is 17.2. The van der Waals surface area contributed by atoms with Gasteiger partial charge in [-0.1, -0.05) is 17.3 Å². The van der Waals surface area contributed by atoms with Gasteiger partial charge in [0, 0.05) is 49.8 Å². The van der Waals surface area contributed by atoms with E-state index in [4.69, 9.17) is 9.51 Å². The molecule has 152 valence electrons. The number of likely N-dealkylation sites (tertiary alicyclic amines) is 1. The zero-order valence-electron chi connectivity index (χ0n) is 16.4. The summed E-state index contributed by atoms with van der Waals surface area (Å²) in [5, 5.41) is 5.19. The number of aromatic nitrogens is 4. The van der Waals surface area contributed by atoms with Crippen molar-refractivity contribution in [1.82, 2.24) is 25.0 Å². The second kappa shape index (κ2) is 8.31. The summed E-state index contributed by atoms with van der Waals surface area (Å²) in [5.41, 5.74) is 1.92. The average Bonchev–Trinajstić information content (AvgIpc) is 3.45. The van der Waals surface area contributed by atoms with Gasteiger partial charge >= 0.3 is 0 Å². The number of benzene rings is 1. The highest BCUT2D eigenvalue weighted by molar-refractivity contribution is 7.18. The number of piperidine rings is 1. The number of rotatable bonds is 5. The van der Waals surface area contributed by atoms with E-state index < -0.39 is 0 Å². The summed E-state index contributed by atoms with van der Waals surface area (Å²) in [4.78, 5) is 27.8. The van der Waals surface area contributed by atoms with E-state index in [-0.39, 0.29) is 5.91 Å². The molecular weight excluding hydrogens is 398 g/mol. The molecule has 30 heavy (non-hydrogen) atoms. The molecule has 0 spiro atoms. The van der Waals surface area contributed by atoms with Gasteiger partial charge in [0.2, 0.25) is 17.6 Å². The molecule has 4 aromatic rings. The van der Waals surface area contributed by atoms with Gasteiger partial charge in [-0.05, 0) is 37.1 Å². The third kappa shape index (κ3) is 3.95. The predicted molar refractivity (Wildman–Crippen MR) is 114 cm³/mol.